The summed E-state index contributed by atoms with van der Waals surface area (Å²) in [4.78, 5) is 58.0. The Bertz CT molecular complexity index is 2140. The fourth-order valence-electron chi connectivity index (χ4n) is 7.35. The van der Waals surface area contributed by atoms with Gasteiger partial charge >= 0.3 is 11.9 Å². The molecule has 3 aromatic heterocycles. The number of nitrogens with one attached hydrogen (secondary N) is 1. The summed E-state index contributed by atoms with van der Waals surface area (Å²) in [6.45, 7) is 2.57. The van der Waals surface area contributed by atoms with Gasteiger partial charge in [0.25, 0.3) is 0 Å². The second kappa shape index (κ2) is 13.9. The number of pyridine rings is 2. The van der Waals surface area contributed by atoms with Crippen LogP contribution in [0.5, 0.6) is 0 Å². The summed E-state index contributed by atoms with van der Waals surface area (Å²) in [6, 6.07) is 13.4. The number of piperazine rings is 1. The number of piperidine rings is 1. The number of para-hydroxylation sites is 1. The number of aromatic nitrogens is 4. The lowest BCUT2D eigenvalue weighted by molar-refractivity contribution is -0.142. The van der Waals surface area contributed by atoms with E-state index in [-0.39, 0.29) is 47.0 Å². The molecular weight excluding hydrogens is 685 g/mol. The summed E-state index contributed by atoms with van der Waals surface area (Å²) in [7, 11) is 0. The van der Waals surface area contributed by atoms with Crippen molar-refractivity contribution in [3.05, 3.63) is 93.8 Å². The lowest BCUT2D eigenvalue weighted by Gasteiger charge is -2.38. The number of hydrogen-bond donors (Lipinski definition) is 2. The van der Waals surface area contributed by atoms with Crippen LogP contribution in [0.2, 0.25) is 5.02 Å². The highest BCUT2D eigenvalue weighted by Crippen LogP contribution is 2.38. The summed E-state index contributed by atoms with van der Waals surface area (Å²) < 4.78 is 43.2. The average Bonchev–Trinajstić information content (AvgIpc) is 3.48. The summed E-state index contributed by atoms with van der Waals surface area (Å²) >= 11 is 6.13. The minimum atomic E-state index is -4.75. The van der Waals surface area contributed by atoms with Crippen LogP contribution in [0.3, 0.4) is 0 Å². The molecule has 2 aliphatic rings. The van der Waals surface area contributed by atoms with Crippen LogP contribution in [0, 0.1) is 5.92 Å². The molecule has 51 heavy (non-hydrogen) atoms. The minimum Gasteiger partial charge on any atom is -0.397 e. The number of carbonyl (C=O) groups is 2. The predicted molar refractivity (Wildman–Crippen MR) is 188 cm³/mol. The van der Waals surface area contributed by atoms with Gasteiger partial charge in [0, 0.05) is 75.2 Å². The quantitative estimate of drug-likeness (QED) is 0.219. The molecule has 7 rings (SSSR count). The second-order valence-electron chi connectivity index (χ2n) is 13.1. The molecule has 3 N–H and O–H groups in total. The number of imidazole rings is 1. The Hall–Kier alpha value is -5.11. The first-order chi connectivity index (χ1) is 24.5. The molecule has 0 saturated carbocycles. The average molecular weight is 721 g/mol. The van der Waals surface area contributed by atoms with Crippen LogP contribution in [0.4, 0.5) is 24.5 Å². The fourth-order valence-corrected chi connectivity index (χ4v) is 7.59. The topological polar surface area (TPSA) is 133 Å². The number of nitrogens with two attached hydrogens (primary N) is 1. The molecular formula is C36H36ClF3N8O3. The smallest absolute Gasteiger partial charge is 0.397 e. The van der Waals surface area contributed by atoms with Gasteiger partial charge in [0.1, 0.15) is 0 Å². The van der Waals surface area contributed by atoms with E-state index in [2.05, 4.69) is 19.9 Å². The van der Waals surface area contributed by atoms with Crippen molar-refractivity contribution < 1.29 is 22.8 Å². The van der Waals surface area contributed by atoms with Crippen molar-refractivity contribution in [2.24, 2.45) is 5.92 Å². The van der Waals surface area contributed by atoms with Gasteiger partial charge in [0.2, 0.25) is 11.8 Å². The van der Waals surface area contributed by atoms with Gasteiger partial charge in [0.05, 0.1) is 44.9 Å². The monoisotopic (exact) mass is 720 g/mol. The Morgan fingerprint density at radius 1 is 0.980 bits per heavy atom. The maximum Gasteiger partial charge on any atom is 0.418 e. The number of alkyl halides is 3. The number of nitrogen functional groups attached to an aromatic ring is 1. The van der Waals surface area contributed by atoms with Crippen molar-refractivity contribution in [1.29, 1.82) is 0 Å². The standard InChI is InChI=1S/C36H36ClF3N8O3/c37-28-19-22(18-27(32(28)41)36(38,39)40)17-23(34(50)47-15-13-45(14-16-47)24-5-9-42-10-6-24)20-31(49)46-11-7-25(8-12-46)48-30-21-43-29-4-2-1-3-26(29)33(30)44-35(48)51/h1-6,9-10,18-19,21,23,25H,7-8,11-17,20,41H2,(H,44,51)/t23-/m0/s1. The third kappa shape index (κ3) is 6.96. The molecule has 2 aromatic carbocycles. The Morgan fingerprint density at radius 3 is 2.39 bits per heavy atom. The summed E-state index contributed by atoms with van der Waals surface area (Å²) in [5, 5.41) is 0.582. The van der Waals surface area contributed by atoms with Gasteiger partial charge in [-0.15, -0.1) is 0 Å². The first-order valence-electron chi connectivity index (χ1n) is 16.8. The third-order valence-electron chi connectivity index (χ3n) is 10.0. The zero-order chi connectivity index (χ0) is 35.9. The number of amides is 2. The zero-order valence-corrected chi connectivity index (χ0v) is 28.3. The van der Waals surface area contributed by atoms with E-state index >= 15 is 0 Å². The summed E-state index contributed by atoms with van der Waals surface area (Å²) in [5.74, 6) is -1.52. The first kappa shape index (κ1) is 34.3. The number of benzene rings is 2. The summed E-state index contributed by atoms with van der Waals surface area (Å²) in [5.41, 5.74) is 7.08. The van der Waals surface area contributed by atoms with Crippen LogP contribution >= 0.6 is 11.6 Å². The van der Waals surface area contributed by atoms with Gasteiger partial charge in [-0.2, -0.15) is 13.2 Å². The Kier molecular flexibility index (Phi) is 9.36. The van der Waals surface area contributed by atoms with E-state index in [1.807, 2.05) is 36.4 Å². The van der Waals surface area contributed by atoms with Crippen molar-refractivity contribution in [3.8, 4) is 0 Å². The molecule has 2 amide bonds. The number of fused-ring (bicyclic) bond motifs is 3. The van der Waals surface area contributed by atoms with Crippen LogP contribution in [0.1, 0.15) is 36.4 Å². The number of H-pyrrole nitrogens is 1. The molecule has 2 fully saturated rings. The van der Waals surface area contributed by atoms with E-state index in [0.29, 0.717) is 63.1 Å². The van der Waals surface area contributed by atoms with E-state index in [9.17, 15) is 27.6 Å². The molecule has 0 unspecified atom stereocenters. The molecule has 5 heterocycles. The molecule has 11 nitrogen and oxygen atoms in total. The van der Waals surface area contributed by atoms with Crippen LogP contribution in [-0.4, -0.2) is 80.4 Å². The van der Waals surface area contributed by atoms with Gasteiger partial charge < -0.3 is 25.4 Å². The van der Waals surface area contributed by atoms with Crippen molar-refractivity contribution >= 4 is 56.7 Å². The molecule has 2 saturated heterocycles. The van der Waals surface area contributed by atoms with Gasteiger partial charge in [-0.05, 0) is 55.2 Å². The molecule has 0 bridgehead atoms. The van der Waals surface area contributed by atoms with E-state index in [1.165, 1.54) is 6.07 Å². The van der Waals surface area contributed by atoms with Crippen LogP contribution in [-0.2, 0) is 22.2 Å². The maximum atomic E-state index is 14.1. The van der Waals surface area contributed by atoms with E-state index in [0.717, 1.165) is 22.7 Å². The summed E-state index contributed by atoms with van der Waals surface area (Å²) in [6.07, 6.45) is 1.02. The normalized spacial score (nSPS) is 16.6. The number of likely N-dealkylation sites (tertiary alicyclic amines) is 1. The number of aromatic amines is 1. The van der Waals surface area contributed by atoms with Crippen molar-refractivity contribution in [2.75, 3.05) is 49.9 Å². The molecule has 0 spiro atoms. The maximum absolute atomic E-state index is 14.1. The highest BCUT2D eigenvalue weighted by atomic mass is 35.5. The number of halogens is 4. The minimum absolute atomic E-state index is 0.125. The van der Waals surface area contributed by atoms with E-state index < -0.39 is 23.3 Å². The van der Waals surface area contributed by atoms with Crippen LogP contribution in [0.15, 0.2) is 71.9 Å². The third-order valence-corrected chi connectivity index (χ3v) is 10.3. The van der Waals surface area contributed by atoms with Gasteiger partial charge in [0.15, 0.2) is 0 Å². The van der Waals surface area contributed by atoms with Crippen LogP contribution < -0.4 is 16.3 Å². The van der Waals surface area contributed by atoms with Crippen molar-refractivity contribution in [2.45, 2.75) is 37.9 Å². The molecule has 0 radical (unpaired) electrons. The molecule has 266 valence electrons. The highest BCUT2D eigenvalue weighted by Gasteiger charge is 2.36. The van der Waals surface area contributed by atoms with Gasteiger partial charge in [-0.25, -0.2) is 4.79 Å². The molecule has 1 atom stereocenters. The molecule has 5 aromatic rings. The molecule has 2 aliphatic heterocycles. The van der Waals surface area contributed by atoms with E-state index in [1.54, 1.807) is 33.0 Å². The number of anilines is 2. The number of carbonyl (C=O) groups excluding carboxylic acids is 2. The Morgan fingerprint density at radius 2 is 1.69 bits per heavy atom. The van der Waals surface area contributed by atoms with E-state index in [4.69, 9.17) is 17.3 Å². The Labute approximate surface area is 295 Å². The molecule has 0 aliphatic carbocycles. The van der Waals surface area contributed by atoms with Gasteiger partial charge in [-0.1, -0.05) is 29.8 Å². The first-order valence-corrected chi connectivity index (χ1v) is 17.2. The lowest BCUT2D eigenvalue weighted by atomic mass is 9.92. The molecule has 15 heteroatoms. The predicted octanol–water partition coefficient (Wildman–Crippen LogP) is 5.29. The Balaban J connectivity index is 1.08. The fraction of sp³-hybridized carbons (Fsp3) is 0.361. The number of rotatable bonds is 7. The second-order valence-corrected chi connectivity index (χ2v) is 13.5. The lowest BCUT2D eigenvalue weighted by Crippen LogP contribution is -2.51. The largest absolute Gasteiger partial charge is 0.418 e. The zero-order valence-electron chi connectivity index (χ0n) is 27.6. The van der Waals surface area contributed by atoms with Gasteiger partial charge in [-0.3, -0.25) is 24.1 Å². The van der Waals surface area contributed by atoms with Crippen LogP contribution in [0.25, 0.3) is 21.9 Å². The number of nitrogens with zero attached hydrogens (tertiary/aromatic N) is 6. The van der Waals surface area contributed by atoms with Crippen molar-refractivity contribution in [3.63, 3.8) is 0 Å². The highest BCUT2D eigenvalue weighted by molar-refractivity contribution is 6.33. The number of hydrogen-bond acceptors (Lipinski definition) is 7. The SMILES string of the molecule is Nc1c(Cl)cc(C[C@@H](CC(=O)N2CCC(n3c(=O)[nH]c4c5ccccc5ncc43)CC2)C(=O)N2CCN(c3ccncc3)CC2)cc1C(F)(F)F. The van der Waals surface area contributed by atoms with Crippen molar-refractivity contribution in [1.82, 2.24) is 29.3 Å².